The van der Waals surface area contributed by atoms with Gasteiger partial charge < -0.3 is 10.0 Å². The molecule has 0 aliphatic carbocycles. The lowest BCUT2D eigenvalue weighted by atomic mass is 9.93. The van der Waals surface area contributed by atoms with Crippen molar-refractivity contribution in [3.63, 3.8) is 0 Å². The summed E-state index contributed by atoms with van der Waals surface area (Å²) < 4.78 is 0. The second-order valence-electron chi connectivity index (χ2n) is 4.49. The molecule has 0 amide bonds. The summed E-state index contributed by atoms with van der Waals surface area (Å²) in [4.78, 5) is 2.51. The van der Waals surface area contributed by atoms with E-state index in [2.05, 4.69) is 18.7 Å². The smallest absolute Gasteiger partial charge is 0.0434 e. The molecule has 2 nitrogen and oxygen atoms in total. The SMILES string of the molecule is CCCC1CN(CC(C)CCO)C1. The summed E-state index contributed by atoms with van der Waals surface area (Å²) in [5.74, 6) is 1.62. The highest BCUT2D eigenvalue weighted by Crippen LogP contribution is 2.21. The molecule has 0 aromatic rings. The maximum Gasteiger partial charge on any atom is 0.0434 e. The molecule has 1 N–H and O–H groups in total. The molecular formula is C11H23NO. The molecule has 1 fully saturated rings. The van der Waals surface area contributed by atoms with E-state index in [0.29, 0.717) is 12.5 Å². The number of nitrogens with zero attached hydrogens (tertiary/aromatic N) is 1. The molecule has 1 aliphatic heterocycles. The number of hydrogen-bond donors (Lipinski definition) is 1. The lowest BCUT2D eigenvalue weighted by Crippen LogP contribution is -2.48. The predicted molar refractivity (Wildman–Crippen MR) is 55.7 cm³/mol. The molecule has 2 heteroatoms. The van der Waals surface area contributed by atoms with Crippen LogP contribution in [0.25, 0.3) is 0 Å². The fraction of sp³-hybridized carbons (Fsp3) is 1.00. The Hall–Kier alpha value is -0.0800. The standard InChI is InChI=1S/C11H23NO/c1-3-4-11-8-12(9-11)7-10(2)5-6-13/h10-11,13H,3-9H2,1-2H3. The minimum atomic E-state index is 0.341. The third-order valence-corrected chi connectivity index (χ3v) is 2.92. The van der Waals surface area contributed by atoms with Crippen LogP contribution in [0, 0.1) is 11.8 Å². The second kappa shape index (κ2) is 5.61. The fourth-order valence-electron chi connectivity index (χ4n) is 2.17. The van der Waals surface area contributed by atoms with E-state index in [0.717, 1.165) is 12.3 Å². The average Bonchev–Trinajstić information content (AvgIpc) is 2.01. The highest BCUT2D eigenvalue weighted by atomic mass is 16.3. The third-order valence-electron chi connectivity index (χ3n) is 2.92. The van der Waals surface area contributed by atoms with E-state index in [9.17, 15) is 0 Å². The lowest BCUT2D eigenvalue weighted by Gasteiger charge is -2.40. The molecule has 78 valence electrons. The van der Waals surface area contributed by atoms with E-state index in [1.165, 1.54) is 32.5 Å². The molecule has 0 aromatic heterocycles. The van der Waals surface area contributed by atoms with Gasteiger partial charge in [0.25, 0.3) is 0 Å². The highest BCUT2D eigenvalue weighted by molar-refractivity contribution is 4.80. The molecule has 0 bridgehead atoms. The summed E-state index contributed by atoms with van der Waals surface area (Å²) in [6.45, 7) is 8.60. The van der Waals surface area contributed by atoms with Gasteiger partial charge in [0.2, 0.25) is 0 Å². The Morgan fingerprint density at radius 3 is 2.69 bits per heavy atom. The van der Waals surface area contributed by atoms with Gasteiger partial charge in [-0.05, 0) is 24.7 Å². The van der Waals surface area contributed by atoms with Gasteiger partial charge in [-0.15, -0.1) is 0 Å². The molecule has 0 aromatic carbocycles. The summed E-state index contributed by atoms with van der Waals surface area (Å²) in [6, 6.07) is 0. The van der Waals surface area contributed by atoms with Crippen LogP contribution in [0.3, 0.4) is 0 Å². The van der Waals surface area contributed by atoms with Gasteiger partial charge in [0.1, 0.15) is 0 Å². The van der Waals surface area contributed by atoms with Gasteiger partial charge in [-0.25, -0.2) is 0 Å². The van der Waals surface area contributed by atoms with E-state index in [-0.39, 0.29) is 0 Å². The molecule has 1 aliphatic rings. The maximum atomic E-state index is 8.76. The third kappa shape index (κ3) is 3.65. The van der Waals surface area contributed by atoms with Crippen molar-refractivity contribution in [1.29, 1.82) is 0 Å². The van der Waals surface area contributed by atoms with Crippen LogP contribution in [0.2, 0.25) is 0 Å². The normalized spacial score (nSPS) is 21.5. The Kier molecular flexibility index (Phi) is 4.74. The van der Waals surface area contributed by atoms with Gasteiger partial charge in [-0.2, -0.15) is 0 Å². The first-order chi connectivity index (χ1) is 6.26. The molecule has 0 spiro atoms. The predicted octanol–water partition coefficient (Wildman–Crippen LogP) is 1.74. The first-order valence-electron chi connectivity index (χ1n) is 5.59. The summed E-state index contributed by atoms with van der Waals surface area (Å²) in [5.41, 5.74) is 0. The number of rotatable bonds is 6. The fourth-order valence-corrected chi connectivity index (χ4v) is 2.17. The highest BCUT2D eigenvalue weighted by Gasteiger charge is 2.26. The number of aliphatic hydroxyl groups excluding tert-OH is 1. The molecule has 1 atom stereocenters. The van der Waals surface area contributed by atoms with Crippen molar-refractivity contribution in [3.8, 4) is 0 Å². The summed E-state index contributed by atoms with van der Waals surface area (Å²) >= 11 is 0. The van der Waals surface area contributed by atoms with Crippen molar-refractivity contribution in [1.82, 2.24) is 4.90 Å². The summed E-state index contributed by atoms with van der Waals surface area (Å²) in [6.07, 6.45) is 3.67. The number of likely N-dealkylation sites (tertiary alicyclic amines) is 1. The topological polar surface area (TPSA) is 23.5 Å². The van der Waals surface area contributed by atoms with Gasteiger partial charge in [-0.3, -0.25) is 0 Å². The van der Waals surface area contributed by atoms with Crippen LogP contribution < -0.4 is 0 Å². The molecule has 0 saturated carbocycles. The minimum absolute atomic E-state index is 0.341. The van der Waals surface area contributed by atoms with Gasteiger partial charge in [-0.1, -0.05) is 20.3 Å². The summed E-state index contributed by atoms with van der Waals surface area (Å²) in [7, 11) is 0. The van der Waals surface area contributed by atoms with E-state index >= 15 is 0 Å². The Labute approximate surface area is 81.9 Å². The van der Waals surface area contributed by atoms with Crippen LogP contribution in [-0.2, 0) is 0 Å². The van der Waals surface area contributed by atoms with Crippen molar-refractivity contribution < 1.29 is 5.11 Å². The van der Waals surface area contributed by atoms with E-state index in [1.54, 1.807) is 0 Å². The summed E-state index contributed by atoms with van der Waals surface area (Å²) in [5, 5.41) is 8.76. The first kappa shape index (κ1) is 11.0. The average molecular weight is 185 g/mol. The first-order valence-corrected chi connectivity index (χ1v) is 5.59. The molecule has 1 saturated heterocycles. The van der Waals surface area contributed by atoms with Gasteiger partial charge in [0, 0.05) is 26.2 Å². The Bertz CT molecular complexity index is 132. The monoisotopic (exact) mass is 185 g/mol. The molecule has 1 rings (SSSR count). The quantitative estimate of drug-likeness (QED) is 0.681. The van der Waals surface area contributed by atoms with Gasteiger partial charge in [0.05, 0.1) is 0 Å². The van der Waals surface area contributed by atoms with E-state index in [1.807, 2.05) is 0 Å². The van der Waals surface area contributed by atoms with Crippen LogP contribution in [0.5, 0.6) is 0 Å². The molecular weight excluding hydrogens is 162 g/mol. The van der Waals surface area contributed by atoms with E-state index in [4.69, 9.17) is 5.11 Å². The number of hydrogen-bond acceptors (Lipinski definition) is 2. The van der Waals surface area contributed by atoms with Crippen molar-refractivity contribution in [2.24, 2.45) is 11.8 Å². The zero-order valence-corrected chi connectivity index (χ0v) is 9.00. The zero-order chi connectivity index (χ0) is 9.68. The molecule has 1 unspecified atom stereocenters. The van der Waals surface area contributed by atoms with Crippen molar-refractivity contribution in [2.45, 2.75) is 33.1 Å². The van der Waals surface area contributed by atoms with Crippen molar-refractivity contribution in [3.05, 3.63) is 0 Å². The van der Waals surface area contributed by atoms with E-state index < -0.39 is 0 Å². The largest absolute Gasteiger partial charge is 0.396 e. The lowest BCUT2D eigenvalue weighted by molar-refractivity contribution is 0.0734. The van der Waals surface area contributed by atoms with Crippen LogP contribution in [0.4, 0.5) is 0 Å². The zero-order valence-electron chi connectivity index (χ0n) is 9.00. The van der Waals surface area contributed by atoms with Crippen molar-refractivity contribution >= 4 is 0 Å². The number of aliphatic hydroxyl groups is 1. The Balaban J connectivity index is 2.00. The van der Waals surface area contributed by atoms with Crippen LogP contribution in [0.1, 0.15) is 33.1 Å². The van der Waals surface area contributed by atoms with Crippen molar-refractivity contribution in [2.75, 3.05) is 26.2 Å². The maximum absolute atomic E-state index is 8.76. The van der Waals surface area contributed by atoms with Gasteiger partial charge in [0.15, 0.2) is 0 Å². The molecule has 0 radical (unpaired) electrons. The molecule has 13 heavy (non-hydrogen) atoms. The van der Waals surface area contributed by atoms with Crippen LogP contribution in [-0.4, -0.2) is 36.2 Å². The van der Waals surface area contributed by atoms with Gasteiger partial charge >= 0.3 is 0 Å². The van der Waals surface area contributed by atoms with Crippen LogP contribution in [0.15, 0.2) is 0 Å². The van der Waals surface area contributed by atoms with Crippen LogP contribution >= 0.6 is 0 Å². The second-order valence-corrected chi connectivity index (χ2v) is 4.49. The Morgan fingerprint density at radius 2 is 2.15 bits per heavy atom. The molecule has 1 heterocycles. The Morgan fingerprint density at radius 1 is 1.46 bits per heavy atom. The minimum Gasteiger partial charge on any atom is -0.396 e.